The minimum atomic E-state index is -1.45. The van der Waals surface area contributed by atoms with Crippen LogP contribution in [0.3, 0.4) is 0 Å². The summed E-state index contributed by atoms with van der Waals surface area (Å²) >= 11 is 0. The zero-order chi connectivity index (χ0) is 28.3. The number of hydrogen-bond donors (Lipinski definition) is 6. The highest BCUT2D eigenvalue weighted by Gasteiger charge is 2.52. The molecule has 6 unspecified atom stereocenters. The summed E-state index contributed by atoms with van der Waals surface area (Å²) in [6, 6.07) is 0. The molecule has 1 amide bonds. The van der Waals surface area contributed by atoms with Gasteiger partial charge in [-0.25, -0.2) is 0 Å². The number of fused-ring (bicyclic) bond motifs is 1. The van der Waals surface area contributed by atoms with Gasteiger partial charge in [-0.3, -0.25) is 4.79 Å². The van der Waals surface area contributed by atoms with Crippen LogP contribution in [-0.2, 0) is 33.2 Å². The molecule has 6 N–H and O–H groups in total. The fraction of sp³-hybridized carbons (Fsp3) is 0.962. The molecule has 4 fully saturated rings. The quantitative estimate of drug-likeness (QED) is 0.212. The van der Waals surface area contributed by atoms with E-state index in [1.54, 1.807) is 6.92 Å². The van der Waals surface area contributed by atoms with Crippen molar-refractivity contribution in [2.24, 2.45) is 5.92 Å². The second-order valence-electron chi connectivity index (χ2n) is 11.0. The molecule has 0 bridgehead atoms. The average Bonchev–Trinajstić information content (AvgIpc) is 2.92. The van der Waals surface area contributed by atoms with Crippen LogP contribution >= 0.6 is 0 Å². The molecule has 0 aromatic heterocycles. The Labute approximate surface area is 228 Å². The molecule has 0 spiro atoms. The largest absolute Gasteiger partial charge is 0.394 e. The SMILES string of the molecule is CC[C@@H]1CCC[C@@H](O[C@@H]2OC(CO)[C@H](O)C3O[C@@H](C(=O)NC)CCCOC32)C1O[C@@H]1OC(C)[C@@H](O)C(O)[C@@H]1O. The highest BCUT2D eigenvalue weighted by Crippen LogP contribution is 2.37. The van der Waals surface area contributed by atoms with Crippen LogP contribution in [0.4, 0.5) is 0 Å². The third-order valence-corrected chi connectivity index (χ3v) is 8.41. The Balaban J connectivity index is 1.54. The maximum Gasteiger partial charge on any atom is 0.248 e. The second-order valence-corrected chi connectivity index (χ2v) is 11.0. The van der Waals surface area contributed by atoms with E-state index in [0.717, 1.165) is 19.3 Å². The molecule has 226 valence electrons. The Morgan fingerprint density at radius 1 is 0.897 bits per heavy atom. The van der Waals surface area contributed by atoms with Crippen LogP contribution in [0.5, 0.6) is 0 Å². The standard InChI is InChI=1S/C26H45NO12/c1-4-13-7-5-8-14(21(13)39-25-20(32)19(31)17(29)12(2)35-25)37-26-23-22(18(30)16(11-28)38-26)36-15(24(33)27-3)9-6-10-34-23/h12-23,25-26,28-32H,4-11H2,1-3H3,(H,27,33)/t12?,13-,14-,15-,16?,17-,18+,19?,20+,21?,22?,23?,25+,26-/m1/s1. The number of hydrogen-bond acceptors (Lipinski definition) is 12. The Kier molecular flexibility index (Phi) is 11.0. The Morgan fingerprint density at radius 3 is 2.36 bits per heavy atom. The number of carbonyl (C=O) groups excluding carboxylic acids is 1. The molecule has 14 atom stereocenters. The first-order valence-corrected chi connectivity index (χ1v) is 14.1. The van der Waals surface area contributed by atoms with E-state index in [1.807, 2.05) is 6.92 Å². The van der Waals surface area contributed by atoms with Gasteiger partial charge in [0.15, 0.2) is 12.6 Å². The fourth-order valence-electron chi connectivity index (χ4n) is 6.03. The van der Waals surface area contributed by atoms with Gasteiger partial charge in [0.05, 0.1) is 24.9 Å². The third-order valence-electron chi connectivity index (χ3n) is 8.41. The third kappa shape index (κ3) is 6.75. The van der Waals surface area contributed by atoms with E-state index in [1.165, 1.54) is 7.05 Å². The van der Waals surface area contributed by atoms with Crippen LogP contribution < -0.4 is 5.32 Å². The molecule has 39 heavy (non-hydrogen) atoms. The lowest BCUT2D eigenvalue weighted by Gasteiger charge is -2.48. The first-order chi connectivity index (χ1) is 18.7. The van der Waals surface area contributed by atoms with Crippen molar-refractivity contribution >= 4 is 5.91 Å². The minimum absolute atomic E-state index is 0.0459. The van der Waals surface area contributed by atoms with Crippen molar-refractivity contribution in [2.75, 3.05) is 20.3 Å². The van der Waals surface area contributed by atoms with E-state index in [-0.39, 0.29) is 11.8 Å². The maximum atomic E-state index is 12.4. The van der Waals surface area contributed by atoms with Crippen LogP contribution in [0, 0.1) is 5.92 Å². The van der Waals surface area contributed by atoms with E-state index in [2.05, 4.69) is 5.32 Å². The van der Waals surface area contributed by atoms with Gasteiger partial charge in [-0.1, -0.05) is 19.8 Å². The molecule has 1 aliphatic carbocycles. The van der Waals surface area contributed by atoms with E-state index in [9.17, 15) is 30.3 Å². The molecule has 0 aromatic rings. The Morgan fingerprint density at radius 2 is 1.67 bits per heavy atom. The average molecular weight is 564 g/mol. The van der Waals surface area contributed by atoms with Crippen molar-refractivity contribution in [3.8, 4) is 0 Å². The van der Waals surface area contributed by atoms with Gasteiger partial charge in [-0.15, -0.1) is 0 Å². The first-order valence-electron chi connectivity index (χ1n) is 14.1. The number of aliphatic hydroxyl groups excluding tert-OH is 5. The smallest absolute Gasteiger partial charge is 0.248 e. The van der Waals surface area contributed by atoms with E-state index in [0.29, 0.717) is 25.9 Å². The van der Waals surface area contributed by atoms with E-state index >= 15 is 0 Å². The number of likely N-dealkylation sites (N-methyl/N-ethyl adjacent to an activating group) is 1. The van der Waals surface area contributed by atoms with Crippen LogP contribution in [0.1, 0.15) is 52.4 Å². The second kappa shape index (κ2) is 13.8. The number of nitrogens with one attached hydrogen (secondary N) is 1. The van der Waals surface area contributed by atoms with Gasteiger partial charge < -0.3 is 59.3 Å². The van der Waals surface area contributed by atoms with Crippen LogP contribution in [0.2, 0.25) is 0 Å². The number of carbonyl (C=O) groups is 1. The minimum Gasteiger partial charge on any atom is -0.394 e. The van der Waals surface area contributed by atoms with Crippen molar-refractivity contribution in [3.05, 3.63) is 0 Å². The zero-order valence-electron chi connectivity index (χ0n) is 22.8. The predicted octanol–water partition coefficient (Wildman–Crippen LogP) is -1.45. The summed E-state index contributed by atoms with van der Waals surface area (Å²) in [5.41, 5.74) is 0. The van der Waals surface area contributed by atoms with Gasteiger partial charge in [0, 0.05) is 13.7 Å². The molecular weight excluding hydrogens is 518 g/mol. The molecule has 13 heteroatoms. The lowest BCUT2D eigenvalue weighted by Crippen LogP contribution is -2.64. The summed E-state index contributed by atoms with van der Waals surface area (Å²) in [5, 5.41) is 54.4. The number of ether oxygens (including phenoxy) is 6. The van der Waals surface area contributed by atoms with Crippen molar-refractivity contribution in [2.45, 2.75) is 132 Å². The fourth-order valence-corrected chi connectivity index (χ4v) is 6.03. The molecule has 3 saturated heterocycles. The zero-order valence-corrected chi connectivity index (χ0v) is 22.8. The van der Waals surface area contributed by atoms with Gasteiger partial charge in [-0.2, -0.15) is 0 Å². The monoisotopic (exact) mass is 563 g/mol. The van der Waals surface area contributed by atoms with Crippen molar-refractivity contribution in [1.29, 1.82) is 0 Å². The molecule has 4 aliphatic rings. The molecule has 0 radical (unpaired) electrons. The predicted molar refractivity (Wildman–Crippen MR) is 133 cm³/mol. The normalized spacial score (nSPS) is 47.5. The first kappa shape index (κ1) is 31.0. The maximum absolute atomic E-state index is 12.4. The summed E-state index contributed by atoms with van der Waals surface area (Å²) in [5.74, 6) is -0.268. The Hall–Kier alpha value is -0.970. The van der Waals surface area contributed by atoms with Crippen LogP contribution in [0.25, 0.3) is 0 Å². The number of amides is 1. The highest BCUT2D eigenvalue weighted by molar-refractivity contribution is 5.80. The summed E-state index contributed by atoms with van der Waals surface area (Å²) < 4.78 is 36.5. The van der Waals surface area contributed by atoms with Crippen LogP contribution in [0.15, 0.2) is 0 Å². The number of rotatable bonds is 7. The highest BCUT2D eigenvalue weighted by atomic mass is 16.7. The lowest BCUT2D eigenvalue weighted by molar-refractivity contribution is -0.354. The van der Waals surface area contributed by atoms with Gasteiger partial charge in [0.2, 0.25) is 5.91 Å². The van der Waals surface area contributed by atoms with Gasteiger partial charge in [-0.05, 0) is 38.5 Å². The summed E-state index contributed by atoms with van der Waals surface area (Å²) in [6.07, 6.45) is -9.15. The van der Waals surface area contributed by atoms with Gasteiger partial charge in [0.25, 0.3) is 0 Å². The Bertz CT molecular complexity index is 790. The molecule has 0 aromatic carbocycles. The van der Waals surface area contributed by atoms with Crippen molar-refractivity contribution < 1.29 is 58.7 Å². The van der Waals surface area contributed by atoms with Crippen LogP contribution in [-0.4, -0.2) is 131 Å². The van der Waals surface area contributed by atoms with Crippen molar-refractivity contribution in [1.82, 2.24) is 5.32 Å². The summed E-state index contributed by atoms with van der Waals surface area (Å²) in [7, 11) is 1.52. The lowest BCUT2D eigenvalue weighted by atomic mass is 9.82. The molecular formula is C26H45NO12. The molecule has 3 aliphatic heterocycles. The molecule has 1 saturated carbocycles. The van der Waals surface area contributed by atoms with Crippen molar-refractivity contribution in [3.63, 3.8) is 0 Å². The van der Waals surface area contributed by atoms with E-state index < -0.39 is 86.3 Å². The summed E-state index contributed by atoms with van der Waals surface area (Å²) in [6.45, 7) is 3.41. The molecule has 3 heterocycles. The molecule has 4 rings (SSSR count). The van der Waals surface area contributed by atoms with Gasteiger partial charge >= 0.3 is 0 Å². The topological polar surface area (TPSA) is 186 Å². The van der Waals surface area contributed by atoms with Gasteiger partial charge in [0.1, 0.15) is 48.8 Å². The summed E-state index contributed by atoms with van der Waals surface area (Å²) in [4.78, 5) is 12.4. The number of aliphatic hydroxyl groups is 5. The molecule has 13 nitrogen and oxygen atoms in total. The van der Waals surface area contributed by atoms with E-state index in [4.69, 9.17) is 28.4 Å².